The maximum atomic E-state index is 13.1. The van der Waals surface area contributed by atoms with Crippen LogP contribution >= 0.6 is 0 Å². The summed E-state index contributed by atoms with van der Waals surface area (Å²) in [6, 6.07) is 10.6. The average molecular weight is 487 g/mol. The fourth-order valence-electron chi connectivity index (χ4n) is 4.48. The molecule has 9 heteroatoms. The minimum Gasteiger partial charge on any atom is -0.372 e. The summed E-state index contributed by atoms with van der Waals surface area (Å²) in [5.41, 5.74) is 4.19. The number of fused-ring (bicyclic) bond motifs is 1. The van der Waals surface area contributed by atoms with Crippen molar-refractivity contribution >= 4 is 38.9 Å². The SMILES string of the molecule is CCN(CC)c1ccc(NC(=O)CN(C)S(=O)(=O)c2ccc3c(c2)CC(C)N3C(C)=O)c(C)c1. The number of hydrogen-bond donors (Lipinski definition) is 1. The van der Waals surface area contributed by atoms with Crippen LogP contribution in [-0.4, -0.2) is 57.3 Å². The highest BCUT2D eigenvalue weighted by atomic mass is 32.2. The van der Waals surface area contributed by atoms with Gasteiger partial charge in [-0.25, -0.2) is 8.42 Å². The predicted molar refractivity (Wildman–Crippen MR) is 136 cm³/mol. The van der Waals surface area contributed by atoms with Crippen molar-refractivity contribution < 1.29 is 18.0 Å². The maximum absolute atomic E-state index is 13.1. The molecule has 2 aromatic rings. The van der Waals surface area contributed by atoms with Crippen molar-refractivity contribution in [3.63, 3.8) is 0 Å². The smallest absolute Gasteiger partial charge is 0.243 e. The van der Waals surface area contributed by atoms with Crippen LogP contribution in [0.15, 0.2) is 41.3 Å². The van der Waals surface area contributed by atoms with Crippen molar-refractivity contribution in [3.05, 3.63) is 47.5 Å². The van der Waals surface area contributed by atoms with Crippen LogP contribution < -0.4 is 15.1 Å². The highest BCUT2D eigenvalue weighted by molar-refractivity contribution is 7.89. The molecule has 0 spiro atoms. The van der Waals surface area contributed by atoms with Gasteiger partial charge in [0.2, 0.25) is 21.8 Å². The molecule has 8 nitrogen and oxygen atoms in total. The molecule has 1 aliphatic rings. The van der Waals surface area contributed by atoms with E-state index < -0.39 is 15.9 Å². The molecule has 1 aliphatic heterocycles. The molecule has 34 heavy (non-hydrogen) atoms. The van der Waals surface area contributed by atoms with E-state index in [2.05, 4.69) is 24.1 Å². The van der Waals surface area contributed by atoms with Gasteiger partial charge >= 0.3 is 0 Å². The van der Waals surface area contributed by atoms with Crippen LogP contribution in [0.5, 0.6) is 0 Å². The zero-order valence-corrected chi connectivity index (χ0v) is 21.6. The summed E-state index contributed by atoms with van der Waals surface area (Å²) in [6.45, 7) is 11.0. The van der Waals surface area contributed by atoms with Crippen LogP contribution in [0.3, 0.4) is 0 Å². The van der Waals surface area contributed by atoms with Crippen molar-refractivity contribution in [3.8, 4) is 0 Å². The van der Waals surface area contributed by atoms with Crippen molar-refractivity contribution in [2.45, 2.75) is 52.0 Å². The molecule has 3 rings (SSSR count). The Hall–Kier alpha value is -2.91. The maximum Gasteiger partial charge on any atom is 0.243 e. The molecule has 0 saturated heterocycles. The van der Waals surface area contributed by atoms with E-state index in [1.165, 1.54) is 20.0 Å². The van der Waals surface area contributed by atoms with Gasteiger partial charge in [0.25, 0.3) is 0 Å². The second-order valence-electron chi connectivity index (χ2n) is 8.71. The van der Waals surface area contributed by atoms with Crippen LogP contribution in [-0.2, 0) is 26.0 Å². The molecular weight excluding hydrogens is 452 g/mol. The number of hydrogen-bond acceptors (Lipinski definition) is 5. The lowest BCUT2D eigenvalue weighted by Gasteiger charge is -2.22. The Morgan fingerprint density at radius 1 is 1.12 bits per heavy atom. The van der Waals surface area contributed by atoms with Crippen molar-refractivity contribution in [1.29, 1.82) is 0 Å². The zero-order chi connectivity index (χ0) is 25.2. The lowest BCUT2D eigenvalue weighted by atomic mass is 10.1. The second-order valence-corrected chi connectivity index (χ2v) is 10.8. The van der Waals surface area contributed by atoms with E-state index in [9.17, 15) is 18.0 Å². The number of carbonyl (C=O) groups is 2. The first-order valence-corrected chi connectivity index (χ1v) is 13.0. The molecule has 0 fully saturated rings. The molecule has 0 bridgehead atoms. The van der Waals surface area contributed by atoms with Gasteiger partial charge in [-0.1, -0.05) is 0 Å². The Balaban J connectivity index is 1.72. The lowest BCUT2D eigenvalue weighted by molar-refractivity contribution is -0.117. The fraction of sp³-hybridized carbons (Fsp3) is 0.440. The number of nitrogens with zero attached hydrogens (tertiary/aromatic N) is 3. The van der Waals surface area contributed by atoms with E-state index in [0.29, 0.717) is 12.1 Å². The van der Waals surface area contributed by atoms with Crippen LogP contribution in [0.4, 0.5) is 17.1 Å². The molecule has 1 atom stereocenters. The van der Waals surface area contributed by atoms with Gasteiger partial charge in [-0.3, -0.25) is 9.59 Å². The van der Waals surface area contributed by atoms with Gasteiger partial charge < -0.3 is 15.1 Å². The topological polar surface area (TPSA) is 90.0 Å². The van der Waals surface area contributed by atoms with Gasteiger partial charge in [0.15, 0.2) is 0 Å². The highest BCUT2D eigenvalue weighted by Crippen LogP contribution is 2.34. The van der Waals surface area contributed by atoms with Crippen molar-refractivity contribution in [1.82, 2.24) is 4.31 Å². The summed E-state index contributed by atoms with van der Waals surface area (Å²) < 4.78 is 27.3. The number of likely N-dealkylation sites (N-methyl/N-ethyl adjacent to an activating group) is 1. The minimum absolute atomic E-state index is 0.0229. The summed E-state index contributed by atoms with van der Waals surface area (Å²) in [7, 11) is -2.48. The predicted octanol–water partition coefficient (Wildman–Crippen LogP) is 3.40. The number of amides is 2. The molecule has 2 aromatic carbocycles. The second kappa shape index (κ2) is 10.1. The number of anilines is 3. The van der Waals surface area contributed by atoms with Crippen molar-refractivity contribution in [2.24, 2.45) is 0 Å². The van der Waals surface area contributed by atoms with Crippen molar-refractivity contribution in [2.75, 3.05) is 41.8 Å². The minimum atomic E-state index is -3.88. The van der Waals surface area contributed by atoms with E-state index in [1.807, 2.05) is 32.0 Å². The van der Waals surface area contributed by atoms with Gasteiger partial charge in [-0.15, -0.1) is 0 Å². The van der Waals surface area contributed by atoms with Crippen LogP contribution in [0, 0.1) is 6.92 Å². The largest absolute Gasteiger partial charge is 0.372 e. The number of rotatable bonds is 8. The molecule has 0 saturated carbocycles. The quantitative estimate of drug-likeness (QED) is 0.618. The highest BCUT2D eigenvalue weighted by Gasteiger charge is 2.31. The third-order valence-electron chi connectivity index (χ3n) is 6.29. The first kappa shape index (κ1) is 25.7. The molecule has 2 amide bonds. The Morgan fingerprint density at radius 2 is 1.79 bits per heavy atom. The molecule has 0 aromatic heterocycles. The Bertz CT molecular complexity index is 1190. The first-order valence-electron chi connectivity index (χ1n) is 11.5. The third kappa shape index (κ3) is 5.10. The summed E-state index contributed by atoms with van der Waals surface area (Å²) in [4.78, 5) is 28.6. The Kier molecular flexibility index (Phi) is 7.67. The van der Waals surface area contributed by atoms with Gasteiger partial charge in [-0.2, -0.15) is 4.31 Å². The van der Waals surface area contributed by atoms with Crippen LogP contribution in [0.25, 0.3) is 0 Å². The van der Waals surface area contributed by atoms with Gasteiger partial charge in [-0.05, 0) is 81.6 Å². The summed E-state index contributed by atoms with van der Waals surface area (Å²) >= 11 is 0. The lowest BCUT2D eigenvalue weighted by Crippen LogP contribution is -2.35. The van der Waals surface area contributed by atoms with E-state index in [-0.39, 0.29) is 23.4 Å². The number of sulfonamides is 1. The van der Waals surface area contributed by atoms with E-state index in [4.69, 9.17) is 0 Å². The molecular formula is C25H34N4O4S. The number of carbonyl (C=O) groups excluding carboxylic acids is 2. The fourth-order valence-corrected chi connectivity index (χ4v) is 5.66. The van der Waals surface area contributed by atoms with E-state index in [0.717, 1.165) is 39.9 Å². The van der Waals surface area contributed by atoms with Crippen LogP contribution in [0.2, 0.25) is 0 Å². The van der Waals surface area contributed by atoms with Gasteiger partial charge in [0.1, 0.15) is 0 Å². The zero-order valence-electron chi connectivity index (χ0n) is 20.8. The van der Waals surface area contributed by atoms with E-state index in [1.54, 1.807) is 17.0 Å². The summed E-state index contributed by atoms with van der Waals surface area (Å²) in [5.74, 6) is -0.488. The molecule has 1 unspecified atom stereocenters. The number of nitrogens with one attached hydrogen (secondary N) is 1. The molecule has 184 valence electrons. The first-order chi connectivity index (χ1) is 16.0. The van der Waals surface area contributed by atoms with E-state index >= 15 is 0 Å². The standard InChI is InChI=1S/C25H34N4O4S/c1-7-28(8-2)21-9-11-23(17(3)13-21)26-25(31)16-27(6)34(32,33)22-10-12-24-20(15-22)14-18(4)29(24)19(5)30/h9-13,15,18H,7-8,14,16H2,1-6H3,(H,26,31). The summed E-state index contributed by atoms with van der Waals surface area (Å²) in [6.07, 6.45) is 0.589. The third-order valence-corrected chi connectivity index (χ3v) is 8.09. The molecule has 0 aliphatic carbocycles. The molecule has 1 N–H and O–H groups in total. The molecule has 1 heterocycles. The van der Waals surface area contributed by atoms with Crippen LogP contribution in [0.1, 0.15) is 38.8 Å². The van der Waals surface area contributed by atoms with Gasteiger partial charge in [0.05, 0.1) is 11.4 Å². The number of aryl methyl sites for hydroxylation is 1. The summed E-state index contributed by atoms with van der Waals surface area (Å²) in [5, 5.41) is 2.82. The Morgan fingerprint density at radius 3 is 2.38 bits per heavy atom. The molecule has 0 radical (unpaired) electrons. The number of benzene rings is 2. The average Bonchev–Trinajstić information content (AvgIpc) is 3.11. The Labute approximate surface area is 202 Å². The monoisotopic (exact) mass is 486 g/mol. The van der Waals surface area contributed by atoms with Gasteiger partial charge in [0, 0.05) is 50.2 Å². The normalized spacial score (nSPS) is 15.4.